The highest BCUT2D eigenvalue weighted by Crippen LogP contribution is 2.30. The first kappa shape index (κ1) is 21.7. The van der Waals surface area contributed by atoms with Crippen molar-refractivity contribution in [2.24, 2.45) is 0 Å². The largest absolute Gasteiger partial charge is 0.497 e. The maximum absolute atomic E-state index is 12.9. The van der Waals surface area contributed by atoms with Crippen LogP contribution in [0.4, 0.5) is 4.79 Å². The zero-order chi connectivity index (χ0) is 21.9. The van der Waals surface area contributed by atoms with Crippen molar-refractivity contribution in [1.29, 1.82) is 0 Å². The van der Waals surface area contributed by atoms with E-state index in [1.54, 1.807) is 24.3 Å². The molecule has 0 bridgehead atoms. The van der Waals surface area contributed by atoms with Crippen molar-refractivity contribution >= 4 is 33.4 Å². The van der Waals surface area contributed by atoms with E-state index >= 15 is 0 Å². The van der Waals surface area contributed by atoms with Crippen molar-refractivity contribution in [3.8, 4) is 5.75 Å². The van der Waals surface area contributed by atoms with Gasteiger partial charge in [0.15, 0.2) is 9.84 Å². The number of amides is 2. The number of ether oxygens (including phenoxy) is 2. The van der Waals surface area contributed by atoms with Crippen molar-refractivity contribution in [2.75, 3.05) is 20.0 Å². The van der Waals surface area contributed by atoms with Gasteiger partial charge < -0.3 is 20.1 Å². The van der Waals surface area contributed by atoms with Gasteiger partial charge in [0, 0.05) is 10.7 Å². The molecule has 0 spiro atoms. The van der Waals surface area contributed by atoms with Crippen LogP contribution >= 0.6 is 11.6 Å². The summed E-state index contributed by atoms with van der Waals surface area (Å²) in [5.74, 6) is -0.874. The Labute approximate surface area is 178 Å². The molecular weight excluding hydrogens is 432 g/mol. The molecule has 2 amide bonds. The fraction of sp³-hybridized carbons (Fsp3) is 0.200. The van der Waals surface area contributed by atoms with Gasteiger partial charge in [0.25, 0.3) is 0 Å². The highest BCUT2D eigenvalue weighted by molar-refractivity contribution is 7.91. The lowest BCUT2D eigenvalue weighted by atomic mass is 9.95. The molecule has 2 aromatic rings. The lowest BCUT2D eigenvalue weighted by molar-refractivity contribution is -0.136. The molecule has 10 heteroatoms. The Morgan fingerprint density at radius 1 is 1.13 bits per heavy atom. The van der Waals surface area contributed by atoms with E-state index < -0.39 is 33.6 Å². The number of carbonyl (C=O) groups is 2. The van der Waals surface area contributed by atoms with E-state index in [2.05, 4.69) is 10.6 Å². The van der Waals surface area contributed by atoms with Gasteiger partial charge in [-0.05, 0) is 42.0 Å². The number of hydrogen-bond donors (Lipinski definition) is 2. The second-order valence-electron chi connectivity index (χ2n) is 6.40. The third-order valence-corrected chi connectivity index (χ3v) is 6.39. The number of methoxy groups -OCH3 is 2. The monoisotopic (exact) mass is 450 g/mol. The van der Waals surface area contributed by atoms with E-state index in [0.29, 0.717) is 16.3 Å². The molecule has 1 heterocycles. The van der Waals surface area contributed by atoms with Gasteiger partial charge >= 0.3 is 12.0 Å². The first-order valence-electron chi connectivity index (χ1n) is 8.76. The summed E-state index contributed by atoms with van der Waals surface area (Å²) in [5, 5.41) is 5.45. The maximum atomic E-state index is 12.9. The van der Waals surface area contributed by atoms with Crippen LogP contribution in [0.1, 0.15) is 11.6 Å². The second-order valence-corrected chi connectivity index (χ2v) is 8.83. The van der Waals surface area contributed by atoms with Gasteiger partial charge in [0.2, 0.25) is 0 Å². The van der Waals surface area contributed by atoms with Crippen molar-refractivity contribution in [2.45, 2.75) is 10.9 Å². The Balaban J connectivity index is 2.07. The molecule has 0 saturated carbocycles. The van der Waals surface area contributed by atoms with E-state index in [4.69, 9.17) is 21.1 Å². The van der Waals surface area contributed by atoms with Crippen LogP contribution in [0.2, 0.25) is 5.02 Å². The molecular formula is C20H19ClN2O6S. The van der Waals surface area contributed by atoms with Gasteiger partial charge in [0.1, 0.15) is 5.75 Å². The second kappa shape index (κ2) is 8.76. The first-order chi connectivity index (χ1) is 14.2. The van der Waals surface area contributed by atoms with Gasteiger partial charge in [-0.2, -0.15) is 0 Å². The summed E-state index contributed by atoms with van der Waals surface area (Å²) >= 11 is 6.04. The molecule has 158 valence electrons. The minimum absolute atomic E-state index is 0.0172. The molecule has 0 saturated heterocycles. The van der Waals surface area contributed by atoms with Gasteiger partial charge in [-0.15, -0.1) is 0 Å². The quantitative estimate of drug-likeness (QED) is 0.654. The smallest absolute Gasteiger partial charge is 0.338 e. The predicted octanol–water partition coefficient (Wildman–Crippen LogP) is 2.60. The molecule has 1 aliphatic heterocycles. The molecule has 2 N–H and O–H groups in total. The van der Waals surface area contributed by atoms with E-state index in [0.717, 1.165) is 0 Å². The standard InChI is InChI=1S/C20H19ClN2O6S/c1-28-14-6-8-15(9-7-14)30(26,27)11-16-17(19(24)29-2)18(23-20(25)22-16)12-4-3-5-13(21)10-12/h3-10,18H,11H2,1-2H3,(H2,22,23,25)/t18-/m0/s1. The topological polar surface area (TPSA) is 111 Å². The summed E-state index contributed by atoms with van der Waals surface area (Å²) in [7, 11) is -1.24. The number of halogens is 1. The first-order valence-corrected chi connectivity index (χ1v) is 10.8. The maximum Gasteiger partial charge on any atom is 0.338 e. The summed E-state index contributed by atoms with van der Waals surface area (Å²) in [4.78, 5) is 24.8. The molecule has 2 aromatic carbocycles. The molecule has 1 aliphatic rings. The third kappa shape index (κ3) is 4.58. The highest BCUT2D eigenvalue weighted by atomic mass is 35.5. The lowest BCUT2D eigenvalue weighted by Crippen LogP contribution is -2.47. The van der Waals surface area contributed by atoms with Crippen molar-refractivity contribution in [3.05, 3.63) is 70.4 Å². The number of esters is 1. The van der Waals surface area contributed by atoms with E-state index in [-0.39, 0.29) is 16.2 Å². The number of rotatable bonds is 6. The minimum Gasteiger partial charge on any atom is -0.497 e. The molecule has 0 unspecified atom stereocenters. The number of benzene rings is 2. The van der Waals surface area contributed by atoms with Crippen LogP contribution in [0.5, 0.6) is 5.75 Å². The Morgan fingerprint density at radius 3 is 2.43 bits per heavy atom. The summed E-state index contributed by atoms with van der Waals surface area (Å²) in [6.45, 7) is 0. The lowest BCUT2D eigenvalue weighted by Gasteiger charge is -2.29. The third-order valence-electron chi connectivity index (χ3n) is 4.49. The van der Waals surface area contributed by atoms with Gasteiger partial charge in [-0.3, -0.25) is 0 Å². The van der Waals surface area contributed by atoms with Crippen LogP contribution in [0.3, 0.4) is 0 Å². The zero-order valence-electron chi connectivity index (χ0n) is 16.1. The van der Waals surface area contributed by atoms with Gasteiger partial charge in [-0.25, -0.2) is 18.0 Å². The number of urea groups is 1. The fourth-order valence-electron chi connectivity index (χ4n) is 3.08. The normalized spacial score (nSPS) is 16.5. The van der Waals surface area contributed by atoms with Gasteiger partial charge in [0.05, 0.1) is 36.5 Å². The molecule has 0 radical (unpaired) electrons. The molecule has 8 nitrogen and oxygen atoms in total. The molecule has 0 aliphatic carbocycles. The summed E-state index contributed by atoms with van der Waals surface area (Å²) in [6.07, 6.45) is 0. The Bertz CT molecular complexity index is 1110. The van der Waals surface area contributed by atoms with E-state index in [1.807, 2.05) is 0 Å². The summed E-state index contributed by atoms with van der Waals surface area (Å²) in [5.41, 5.74) is 0.431. The number of nitrogens with one attached hydrogen (secondary N) is 2. The van der Waals surface area contributed by atoms with Crippen LogP contribution in [0.25, 0.3) is 0 Å². The Morgan fingerprint density at radius 2 is 1.83 bits per heavy atom. The Hall–Kier alpha value is -3.04. The van der Waals surface area contributed by atoms with Crippen LogP contribution in [0, 0.1) is 0 Å². The number of carbonyl (C=O) groups excluding carboxylic acids is 2. The Kier molecular flexibility index (Phi) is 6.33. The molecule has 30 heavy (non-hydrogen) atoms. The number of sulfone groups is 1. The van der Waals surface area contributed by atoms with Crippen molar-refractivity contribution < 1.29 is 27.5 Å². The molecule has 3 rings (SSSR count). The van der Waals surface area contributed by atoms with Crippen LogP contribution < -0.4 is 15.4 Å². The van der Waals surface area contributed by atoms with Crippen LogP contribution in [-0.2, 0) is 19.4 Å². The molecule has 1 atom stereocenters. The SMILES string of the molecule is COC(=O)C1=C(CS(=O)(=O)c2ccc(OC)cc2)NC(=O)N[C@H]1c1cccc(Cl)c1. The summed E-state index contributed by atoms with van der Waals surface area (Å²) < 4.78 is 35.8. The number of hydrogen-bond acceptors (Lipinski definition) is 6. The van der Waals surface area contributed by atoms with Crippen molar-refractivity contribution in [1.82, 2.24) is 10.6 Å². The molecule has 0 fully saturated rings. The van der Waals surface area contributed by atoms with Crippen LogP contribution in [-0.4, -0.2) is 40.4 Å². The zero-order valence-corrected chi connectivity index (χ0v) is 17.7. The summed E-state index contributed by atoms with van der Waals surface area (Å²) in [6, 6.07) is 10.8. The predicted molar refractivity (Wildman–Crippen MR) is 110 cm³/mol. The average Bonchev–Trinajstić information content (AvgIpc) is 2.72. The fourth-order valence-corrected chi connectivity index (χ4v) is 4.60. The molecule has 0 aromatic heterocycles. The minimum atomic E-state index is -3.89. The van der Waals surface area contributed by atoms with Crippen molar-refractivity contribution in [3.63, 3.8) is 0 Å². The van der Waals surface area contributed by atoms with Crippen LogP contribution in [0.15, 0.2) is 64.7 Å². The van der Waals surface area contributed by atoms with Gasteiger partial charge in [-0.1, -0.05) is 23.7 Å². The highest BCUT2D eigenvalue weighted by Gasteiger charge is 2.35. The van der Waals surface area contributed by atoms with E-state index in [1.165, 1.54) is 38.5 Å². The average molecular weight is 451 g/mol. The van der Waals surface area contributed by atoms with E-state index in [9.17, 15) is 18.0 Å².